The topological polar surface area (TPSA) is 119 Å². The number of aryl methyl sites for hydroxylation is 1. The number of nitrogens with one attached hydrogen (secondary N) is 1. The van der Waals surface area contributed by atoms with Gasteiger partial charge in [-0.3, -0.25) is 20.2 Å². The fourth-order valence-electron chi connectivity index (χ4n) is 2.53. The average molecular weight is 410 g/mol. The van der Waals surface area contributed by atoms with Crippen LogP contribution in [0.15, 0.2) is 28.7 Å². The van der Waals surface area contributed by atoms with Gasteiger partial charge in [0.1, 0.15) is 0 Å². The van der Waals surface area contributed by atoms with Gasteiger partial charge in [-0.15, -0.1) is 0 Å². The summed E-state index contributed by atoms with van der Waals surface area (Å²) in [6.07, 6.45) is 0. The summed E-state index contributed by atoms with van der Waals surface area (Å²) in [4.78, 5) is 21.5. The van der Waals surface area contributed by atoms with Gasteiger partial charge in [-0.1, -0.05) is 22.0 Å². The standard InChI is InChI=1S/C16H16BrN3O5/c1-9-3-4-13(17)5-11(9)7-18-15-14(19(22)23)6-12(8-21)10(2)16(15)20(24)25/h3-6,18,21H,7-8H2,1-2H3. The summed E-state index contributed by atoms with van der Waals surface area (Å²) in [7, 11) is 0. The lowest BCUT2D eigenvalue weighted by Crippen LogP contribution is -2.09. The zero-order valence-corrected chi connectivity index (χ0v) is 15.2. The quantitative estimate of drug-likeness (QED) is 0.549. The first-order chi connectivity index (χ1) is 11.8. The van der Waals surface area contributed by atoms with Crippen molar-refractivity contribution < 1.29 is 15.0 Å². The molecule has 0 spiro atoms. The third-order valence-corrected chi connectivity index (χ3v) is 4.45. The van der Waals surface area contributed by atoms with E-state index in [9.17, 15) is 25.3 Å². The Bertz CT molecular complexity index is 854. The predicted molar refractivity (Wildman–Crippen MR) is 96.6 cm³/mol. The van der Waals surface area contributed by atoms with Crippen LogP contribution in [0.4, 0.5) is 17.1 Å². The van der Waals surface area contributed by atoms with E-state index >= 15 is 0 Å². The van der Waals surface area contributed by atoms with Crippen LogP contribution >= 0.6 is 15.9 Å². The highest BCUT2D eigenvalue weighted by molar-refractivity contribution is 9.10. The first-order valence-electron chi connectivity index (χ1n) is 7.31. The van der Waals surface area contributed by atoms with E-state index in [-0.39, 0.29) is 23.4 Å². The van der Waals surface area contributed by atoms with Gasteiger partial charge in [0.25, 0.3) is 5.69 Å². The van der Waals surface area contributed by atoms with Gasteiger partial charge < -0.3 is 10.4 Å². The second kappa shape index (κ2) is 7.58. The summed E-state index contributed by atoms with van der Waals surface area (Å²) in [6.45, 7) is 3.01. The van der Waals surface area contributed by atoms with Crippen LogP contribution in [-0.2, 0) is 13.2 Å². The molecule has 0 amide bonds. The minimum absolute atomic E-state index is 0.155. The highest BCUT2D eigenvalue weighted by Gasteiger charge is 2.30. The van der Waals surface area contributed by atoms with Crippen molar-refractivity contribution in [2.75, 3.05) is 5.32 Å². The van der Waals surface area contributed by atoms with Crippen molar-refractivity contribution in [1.29, 1.82) is 0 Å². The Morgan fingerprint density at radius 2 is 1.80 bits per heavy atom. The van der Waals surface area contributed by atoms with Crippen LogP contribution in [-0.4, -0.2) is 15.0 Å². The monoisotopic (exact) mass is 409 g/mol. The van der Waals surface area contributed by atoms with Crippen molar-refractivity contribution in [3.05, 3.63) is 71.2 Å². The summed E-state index contributed by atoms with van der Waals surface area (Å²) in [5.74, 6) is 0. The maximum Gasteiger partial charge on any atom is 0.302 e. The molecule has 2 aromatic rings. The van der Waals surface area contributed by atoms with Crippen molar-refractivity contribution in [2.24, 2.45) is 0 Å². The van der Waals surface area contributed by atoms with Crippen molar-refractivity contribution >= 4 is 33.0 Å². The predicted octanol–water partition coefficient (Wildman–Crippen LogP) is 3.99. The molecule has 0 fully saturated rings. The van der Waals surface area contributed by atoms with E-state index < -0.39 is 27.8 Å². The lowest BCUT2D eigenvalue weighted by Gasteiger charge is -2.13. The number of anilines is 1. The van der Waals surface area contributed by atoms with Crippen LogP contribution in [0.3, 0.4) is 0 Å². The van der Waals surface area contributed by atoms with Crippen molar-refractivity contribution in [3.63, 3.8) is 0 Å². The van der Waals surface area contributed by atoms with Gasteiger partial charge in [0.05, 0.1) is 16.5 Å². The largest absolute Gasteiger partial charge is 0.392 e. The number of nitrogens with zero attached hydrogens (tertiary/aromatic N) is 2. The number of hydrogen-bond donors (Lipinski definition) is 2. The molecule has 25 heavy (non-hydrogen) atoms. The Hall–Kier alpha value is -2.52. The molecule has 132 valence electrons. The maximum atomic E-state index is 11.5. The molecule has 0 aromatic heterocycles. The molecule has 9 heteroatoms. The molecule has 0 saturated carbocycles. The third-order valence-electron chi connectivity index (χ3n) is 3.96. The Kier molecular flexibility index (Phi) is 5.70. The number of benzene rings is 2. The number of hydrogen-bond acceptors (Lipinski definition) is 6. The minimum atomic E-state index is -0.693. The lowest BCUT2D eigenvalue weighted by molar-refractivity contribution is -0.392. The lowest BCUT2D eigenvalue weighted by atomic mass is 10.0. The molecule has 0 unspecified atom stereocenters. The van der Waals surface area contributed by atoms with Gasteiger partial charge in [-0.25, -0.2) is 0 Å². The summed E-state index contributed by atoms with van der Waals surface area (Å²) in [5.41, 5.74) is 1.16. The maximum absolute atomic E-state index is 11.5. The second-order valence-electron chi connectivity index (χ2n) is 5.50. The molecule has 0 saturated heterocycles. The summed E-state index contributed by atoms with van der Waals surface area (Å²) < 4.78 is 0.839. The Labute approximate surface area is 151 Å². The number of nitro benzene ring substituents is 2. The molecule has 8 nitrogen and oxygen atoms in total. The Morgan fingerprint density at radius 1 is 1.12 bits per heavy atom. The van der Waals surface area contributed by atoms with Crippen LogP contribution in [0.2, 0.25) is 0 Å². The zero-order chi connectivity index (χ0) is 18.7. The highest BCUT2D eigenvalue weighted by Crippen LogP contribution is 2.39. The van der Waals surface area contributed by atoms with Gasteiger partial charge in [-0.2, -0.15) is 0 Å². The number of aliphatic hydroxyl groups excluding tert-OH is 1. The molecule has 0 aliphatic carbocycles. The fraction of sp³-hybridized carbons (Fsp3) is 0.250. The minimum Gasteiger partial charge on any atom is -0.392 e. The number of halogens is 1. The van der Waals surface area contributed by atoms with Gasteiger partial charge in [0.2, 0.25) is 0 Å². The van der Waals surface area contributed by atoms with Crippen molar-refractivity contribution in [1.82, 2.24) is 0 Å². The Balaban J connectivity index is 2.54. The van der Waals surface area contributed by atoms with Crippen LogP contribution < -0.4 is 5.32 Å². The summed E-state index contributed by atoms with van der Waals surface area (Å²) >= 11 is 3.36. The number of aliphatic hydroxyl groups is 1. The van der Waals surface area contributed by atoms with Crippen molar-refractivity contribution in [2.45, 2.75) is 27.0 Å². The van der Waals surface area contributed by atoms with Gasteiger partial charge in [0, 0.05) is 22.6 Å². The molecular formula is C16H16BrN3O5. The van der Waals surface area contributed by atoms with Crippen LogP contribution in [0, 0.1) is 34.1 Å². The van der Waals surface area contributed by atoms with Crippen molar-refractivity contribution in [3.8, 4) is 0 Å². The van der Waals surface area contributed by atoms with E-state index in [4.69, 9.17) is 0 Å². The SMILES string of the molecule is Cc1ccc(Br)cc1CNc1c([N+](=O)[O-])cc(CO)c(C)c1[N+](=O)[O-]. The normalized spacial score (nSPS) is 10.6. The van der Waals surface area contributed by atoms with E-state index in [1.165, 1.54) is 13.0 Å². The average Bonchev–Trinajstić information content (AvgIpc) is 2.54. The molecule has 0 aliphatic heterocycles. The van der Waals surface area contributed by atoms with E-state index in [0.717, 1.165) is 15.6 Å². The van der Waals surface area contributed by atoms with E-state index in [1.807, 2.05) is 25.1 Å². The van der Waals surface area contributed by atoms with Crippen LogP contribution in [0.25, 0.3) is 0 Å². The highest BCUT2D eigenvalue weighted by atomic mass is 79.9. The van der Waals surface area contributed by atoms with Gasteiger partial charge >= 0.3 is 5.69 Å². The molecule has 0 radical (unpaired) electrons. The number of rotatable bonds is 6. The van der Waals surface area contributed by atoms with Crippen LogP contribution in [0.1, 0.15) is 22.3 Å². The molecule has 2 rings (SSSR count). The van der Waals surface area contributed by atoms with Gasteiger partial charge in [-0.05, 0) is 42.7 Å². The molecule has 2 aromatic carbocycles. The van der Waals surface area contributed by atoms with Crippen LogP contribution in [0.5, 0.6) is 0 Å². The molecular weight excluding hydrogens is 394 g/mol. The summed E-state index contributed by atoms with van der Waals surface area (Å²) in [6, 6.07) is 6.75. The molecule has 0 atom stereocenters. The summed E-state index contributed by atoms with van der Waals surface area (Å²) in [5, 5.41) is 35.0. The first kappa shape index (κ1) is 18.8. The number of nitro groups is 2. The molecule has 0 heterocycles. The van der Waals surface area contributed by atoms with E-state index in [0.29, 0.717) is 0 Å². The Morgan fingerprint density at radius 3 is 2.36 bits per heavy atom. The molecule has 0 bridgehead atoms. The first-order valence-corrected chi connectivity index (χ1v) is 8.10. The fourth-order valence-corrected chi connectivity index (χ4v) is 2.94. The zero-order valence-electron chi connectivity index (χ0n) is 13.6. The second-order valence-corrected chi connectivity index (χ2v) is 6.42. The van der Waals surface area contributed by atoms with Gasteiger partial charge in [0.15, 0.2) is 5.69 Å². The third kappa shape index (κ3) is 3.94. The molecule has 2 N–H and O–H groups in total. The van der Waals surface area contributed by atoms with E-state index in [1.54, 1.807) is 0 Å². The molecule has 0 aliphatic rings. The smallest absolute Gasteiger partial charge is 0.302 e. The van der Waals surface area contributed by atoms with E-state index in [2.05, 4.69) is 21.2 Å².